The predicted octanol–water partition coefficient (Wildman–Crippen LogP) is 6.58. The smallest absolute Gasteiger partial charge is 0.0782 e. The Morgan fingerprint density at radius 2 is 1.68 bits per heavy atom. The second-order valence-corrected chi connectivity index (χ2v) is 6.13. The fourth-order valence-corrected chi connectivity index (χ4v) is 2.87. The monoisotopic (exact) mass is 377 g/mol. The summed E-state index contributed by atoms with van der Waals surface area (Å²) in [6.45, 7) is 2.02. The van der Waals surface area contributed by atoms with Crippen molar-refractivity contribution in [2.24, 2.45) is 0 Å². The average molecular weight is 380 g/mol. The van der Waals surface area contributed by atoms with Gasteiger partial charge in [0, 0.05) is 10.2 Å². The Balaban J connectivity index is 2.28. The molecule has 0 aliphatic rings. The fourth-order valence-electron chi connectivity index (χ4n) is 1.76. The van der Waals surface area contributed by atoms with E-state index in [0.29, 0.717) is 15.1 Å². The van der Waals surface area contributed by atoms with E-state index in [1.54, 1.807) is 6.07 Å². The van der Waals surface area contributed by atoms with Crippen molar-refractivity contribution in [2.45, 2.75) is 13.0 Å². The summed E-state index contributed by atoms with van der Waals surface area (Å²) in [7, 11) is 0. The molecule has 0 bridgehead atoms. The predicted molar refractivity (Wildman–Crippen MR) is 87.7 cm³/mol. The topological polar surface area (TPSA) is 12.0 Å². The van der Waals surface area contributed by atoms with Gasteiger partial charge < -0.3 is 5.32 Å². The maximum atomic E-state index is 6.23. The van der Waals surface area contributed by atoms with Crippen LogP contribution < -0.4 is 5.32 Å². The minimum atomic E-state index is 0.0148. The van der Waals surface area contributed by atoms with E-state index in [2.05, 4.69) is 21.2 Å². The quantitative estimate of drug-likeness (QED) is 0.594. The van der Waals surface area contributed by atoms with E-state index in [9.17, 15) is 0 Å². The Labute approximate surface area is 136 Å². The second-order valence-electron chi connectivity index (χ2n) is 4.11. The van der Waals surface area contributed by atoms with Gasteiger partial charge in [-0.1, -0.05) is 53.0 Å². The lowest BCUT2D eigenvalue weighted by Gasteiger charge is -2.19. The van der Waals surface area contributed by atoms with Gasteiger partial charge in [0.1, 0.15) is 0 Å². The molecule has 0 aliphatic heterocycles. The summed E-state index contributed by atoms with van der Waals surface area (Å²) >= 11 is 21.7. The van der Waals surface area contributed by atoms with Gasteiger partial charge in [0.05, 0.1) is 21.1 Å². The largest absolute Gasteiger partial charge is 0.378 e. The van der Waals surface area contributed by atoms with Gasteiger partial charge in [-0.05, 0) is 46.6 Å². The van der Waals surface area contributed by atoms with Crippen LogP contribution in [0.2, 0.25) is 15.1 Å². The Hall–Kier alpha value is -0.410. The van der Waals surface area contributed by atoms with Crippen molar-refractivity contribution in [1.82, 2.24) is 0 Å². The summed E-state index contributed by atoms with van der Waals surface area (Å²) < 4.78 is 0.998. The van der Waals surface area contributed by atoms with Gasteiger partial charge in [-0.15, -0.1) is 0 Å². The van der Waals surface area contributed by atoms with Crippen molar-refractivity contribution in [1.29, 1.82) is 0 Å². The van der Waals surface area contributed by atoms with Crippen LogP contribution in [-0.4, -0.2) is 0 Å². The molecule has 5 heteroatoms. The van der Waals surface area contributed by atoms with Crippen molar-refractivity contribution < 1.29 is 0 Å². The molecule has 19 heavy (non-hydrogen) atoms. The maximum Gasteiger partial charge on any atom is 0.0782 e. The van der Waals surface area contributed by atoms with Crippen LogP contribution in [0.1, 0.15) is 18.5 Å². The highest BCUT2D eigenvalue weighted by atomic mass is 79.9. The number of hydrogen-bond donors (Lipinski definition) is 1. The standard InChI is InChI=1S/C14H11BrCl3N/c1-8(19-12-5-3-2-4-10(12)15)9-6-7-11(16)14(18)13(9)17/h2-8,19H,1H3. The van der Waals surface area contributed by atoms with Gasteiger partial charge in [0.15, 0.2) is 0 Å². The van der Waals surface area contributed by atoms with Crippen LogP contribution in [0.4, 0.5) is 5.69 Å². The van der Waals surface area contributed by atoms with Crippen molar-refractivity contribution in [3.05, 3.63) is 61.5 Å². The second kappa shape index (κ2) is 6.36. The molecule has 1 nitrogen and oxygen atoms in total. The molecular weight excluding hydrogens is 368 g/mol. The fraction of sp³-hybridized carbons (Fsp3) is 0.143. The van der Waals surface area contributed by atoms with Crippen LogP contribution in [0.3, 0.4) is 0 Å². The third-order valence-corrected chi connectivity index (χ3v) is 4.78. The van der Waals surface area contributed by atoms with Crippen LogP contribution in [-0.2, 0) is 0 Å². The van der Waals surface area contributed by atoms with Crippen molar-refractivity contribution in [3.63, 3.8) is 0 Å². The number of para-hydroxylation sites is 1. The lowest BCUT2D eigenvalue weighted by Crippen LogP contribution is -2.07. The summed E-state index contributed by atoms with van der Waals surface area (Å²) in [5, 5.41) is 4.72. The molecule has 0 aromatic heterocycles. The summed E-state index contributed by atoms with van der Waals surface area (Å²) in [5.41, 5.74) is 1.91. The van der Waals surface area contributed by atoms with Crippen molar-refractivity contribution >= 4 is 56.4 Å². The first-order chi connectivity index (χ1) is 9.00. The van der Waals surface area contributed by atoms with Crippen LogP contribution >= 0.6 is 50.7 Å². The minimum absolute atomic E-state index is 0.0148. The van der Waals surface area contributed by atoms with Gasteiger partial charge in [-0.3, -0.25) is 0 Å². The molecule has 0 heterocycles. The molecule has 0 radical (unpaired) electrons. The molecule has 100 valence electrons. The van der Waals surface area contributed by atoms with E-state index in [1.807, 2.05) is 37.3 Å². The number of hydrogen-bond acceptors (Lipinski definition) is 1. The molecule has 0 saturated heterocycles. The van der Waals surface area contributed by atoms with Gasteiger partial charge in [-0.2, -0.15) is 0 Å². The summed E-state index contributed by atoms with van der Waals surface area (Å²) in [4.78, 5) is 0. The maximum absolute atomic E-state index is 6.23. The average Bonchev–Trinajstić information content (AvgIpc) is 2.39. The van der Waals surface area contributed by atoms with Crippen molar-refractivity contribution in [2.75, 3.05) is 5.32 Å². The Morgan fingerprint density at radius 1 is 1.00 bits per heavy atom. The Morgan fingerprint density at radius 3 is 2.37 bits per heavy atom. The Bertz CT molecular complexity index is 601. The normalized spacial score (nSPS) is 12.3. The molecule has 0 fully saturated rings. The van der Waals surface area contributed by atoms with Crippen LogP contribution in [0, 0.1) is 0 Å². The number of anilines is 1. The van der Waals surface area contributed by atoms with Gasteiger partial charge in [-0.25, -0.2) is 0 Å². The van der Waals surface area contributed by atoms with E-state index in [0.717, 1.165) is 15.7 Å². The number of rotatable bonds is 3. The molecule has 2 aromatic rings. The zero-order valence-corrected chi connectivity index (χ0v) is 13.9. The molecule has 0 spiro atoms. The molecule has 0 amide bonds. The molecule has 1 N–H and O–H groups in total. The van der Waals surface area contributed by atoms with Crippen LogP contribution in [0.15, 0.2) is 40.9 Å². The summed E-state index contributed by atoms with van der Waals surface area (Å²) in [5.74, 6) is 0. The molecule has 2 rings (SSSR count). The zero-order chi connectivity index (χ0) is 14.0. The molecule has 2 aromatic carbocycles. The number of halogens is 4. The van der Waals surface area contributed by atoms with E-state index in [1.165, 1.54) is 0 Å². The lowest BCUT2D eigenvalue weighted by atomic mass is 10.1. The first-order valence-corrected chi connectivity index (χ1v) is 7.58. The first-order valence-electron chi connectivity index (χ1n) is 5.65. The minimum Gasteiger partial charge on any atom is -0.378 e. The third-order valence-electron chi connectivity index (χ3n) is 2.78. The van der Waals surface area contributed by atoms with E-state index < -0.39 is 0 Å². The SMILES string of the molecule is CC(Nc1ccccc1Br)c1ccc(Cl)c(Cl)c1Cl. The molecule has 1 atom stereocenters. The molecule has 1 unspecified atom stereocenters. The number of nitrogens with one attached hydrogen (secondary N) is 1. The zero-order valence-electron chi connectivity index (χ0n) is 10.1. The number of benzene rings is 2. The van der Waals surface area contributed by atoms with Gasteiger partial charge >= 0.3 is 0 Å². The molecule has 0 aliphatic carbocycles. The van der Waals surface area contributed by atoms with Crippen LogP contribution in [0.25, 0.3) is 0 Å². The third kappa shape index (κ3) is 3.38. The first kappa shape index (κ1) is 15.0. The van der Waals surface area contributed by atoms with Gasteiger partial charge in [0.2, 0.25) is 0 Å². The Kier molecular flexibility index (Phi) is 5.02. The van der Waals surface area contributed by atoms with Crippen molar-refractivity contribution in [3.8, 4) is 0 Å². The summed E-state index contributed by atoms with van der Waals surface area (Å²) in [6.07, 6.45) is 0. The highest BCUT2D eigenvalue weighted by molar-refractivity contribution is 9.10. The van der Waals surface area contributed by atoms with Crippen LogP contribution in [0.5, 0.6) is 0 Å². The van der Waals surface area contributed by atoms with E-state index in [4.69, 9.17) is 34.8 Å². The highest BCUT2D eigenvalue weighted by Gasteiger charge is 2.14. The summed E-state index contributed by atoms with van der Waals surface area (Å²) in [6, 6.07) is 11.6. The molecular formula is C14H11BrCl3N. The van der Waals surface area contributed by atoms with E-state index >= 15 is 0 Å². The van der Waals surface area contributed by atoms with E-state index in [-0.39, 0.29) is 6.04 Å². The lowest BCUT2D eigenvalue weighted by molar-refractivity contribution is 0.884. The van der Waals surface area contributed by atoms with Gasteiger partial charge in [0.25, 0.3) is 0 Å². The highest BCUT2D eigenvalue weighted by Crippen LogP contribution is 2.37. The molecule has 0 saturated carbocycles.